The summed E-state index contributed by atoms with van der Waals surface area (Å²) in [6.07, 6.45) is 3.44. The SMILES string of the molecule is OCC1=CNCC=N1. The van der Waals surface area contributed by atoms with Crippen LogP contribution in [0.1, 0.15) is 0 Å². The molecule has 1 heterocycles. The highest BCUT2D eigenvalue weighted by Crippen LogP contribution is 1.93. The van der Waals surface area contributed by atoms with Crippen LogP contribution in [-0.4, -0.2) is 24.5 Å². The number of hydrogen-bond acceptors (Lipinski definition) is 3. The van der Waals surface area contributed by atoms with E-state index in [2.05, 4.69) is 10.3 Å². The predicted octanol–water partition coefficient (Wildman–Crippen LogP) is -0.506. The van der Waals surface area contributed by atoms with E-state index in [1.807, 2.05) is 0 Å². The third-order valence-electron chi connectivity index (χ3n) is 0.897. The molecule has 0 spiro atoms. The molecular formula is C5H8N2O. The molecule has 2 N–H and O–H groups in total. The number of hydrogen-bond donors (Lipinski definition) is 2. The monoisotopic (exact) mass is 112 g/mol. The van der Waals surface area contributed by atoms with Gasteiger partial charge in [0.25, 0.3) is 0 Å². The average Bonchev–Trinajstić information content (AvgIpc) is 1.90. The van der Waals surface area contributed by atoms with Gasteiger partial charge in [-0.2, -0.15) is 0 Å². The van der Waals surface area contributed by atoms with Crippen molar-refractivity contribution >= 4 is 6.21 Å². The third kappa shape index (κ3) is 1.07. The Morgan fingerprint density at radius 2 is 2.75 bits per heavy atom. The van der Waals surface area contributed by atoms with Gasteiger partial charge in [-0.3, -0.25) is 4.99 Å². The van der Waals surface area contributed by atoms with Crippen LogP contribution >= 0.6 is 0 Å². The fraction of sp³-hybridized carbons (Fsp3) is 0.400. The summed E-state index contributed by atoms with van der Waals surface area (Å²) in [5, 5.41) is 11.4. The fourth-order valence-electron chi connectivity index (χ4n) is 0.516. The highest BCUT2D eigenvalue weighted by atomic mass is 16.3. The van der Waals surface area contributed by atoms with Gasteiger partial charge in [-0.1, -0.05) is 0 Å². The predicted molar refractivity (Wildman–Crippen MR) is 31.7 cm³/mol. The van der Waals surface area contributed by atoms with Crippen molar-refractivity contribution in [3.63, 3.8) is 0 Å². The molecule has 44 valence electrons. The van der Waals surface area contributed by atoms with Gasteiger partial charge in [0, 0.05) is 19.0 Å². The molecule has 3 heteroatoms. The lowest BCUT2D eigenvalue weighted by Crippen LogP contribution is -2.14. The maximum Gasteiger partial charge on any atom is 0.0867 e. The first-order valence-electron chi connectivity index (χ1n) is 2.49. The number of aliphatic hydroxyl groups excluding tert-OH is 1. The second-order valence-corrected chi connectivity index (χ2v) is 1.51. The molecule has 0 fully saturated rings. The zero-order valence-corrected chi connectivity index (χ0v) is 4.46. The standard InChI is InChI=1S/C5H8N2O/c8-4-5-3-6-1-2-7-5/h2-3,6,8H,1,4H2. The molecule has 0 atom stereocenters. The van der Waals surface area contributed by atoms with Gasteiger partial charge in [0.2, 0.25) is 0 Å². The minimum absolute atomic E-state index is 0.0174. The van der Waals surface area contributed by atoms with Gasteiger partial charge >= 0.3 is 0 Å². The molecule has 8 heavy (non-hydrogen) atoms. The van der Waals surface area contributed by atoms with Crippen molar-refractivity contribution in [2.24, 2.45) is 4.99 Å². The Labute approximate surface area is 47.7 Å². The summed E-state index contributed by atoms with van der Waals surface area (Å²) in [5.41, 5.74) is 0.691. The largest absolute Gasteiger partial charge is 0.390 e. The number of rotatable bonds is 1. The first-order valence-corrected chi connectivity index (χ1v) is 2.49. The van der Waals surface area contributed by atoms with Crippen LogP contribution in [0.4, 0.5) is 0 Å². The molecule has 0 saturated heterocycles. The van der Waals surface area contributed by atoms with Crippen LogP contribution in [0.15, 0.2) is 16.9 Å². The van der Waals surface area contributed by atoms with Gasteiger partial charge in [-0.15, -0.1) is 0 Å². The Kier molecular flexibility index (Phi) is 1.64. The molecule has 1 aliphatic heterocycles. The topological polar surface area (TPSA) is 44.6 Å². The van der Waals surface area contributed by atoms with Crippen LogP contribution in [0.3, 0.4) is 0 Å². The molecule has 1 aliphatic rings. The lowest BCUT2D eigenvalue weighted by molar-refractivity contribution is 0.329. The van der Waals surface area contributed by atoms with E-state index in [0.717, 1.165) is 6.54 Å². The third-order valence-corrected chi connectivity index (χ3v) is 0.897. The Morgan fingerprint density at radius 1 is 1.88 bits per heavy atom. The molecule has 0 aromatic rings. The van der Waals surface area contributed by atoms with Gasteiger partial charge in [0.1, 0.15) is 0 Å². The van der Waals surface area contributed by atoms with E-state index in [4.69, 9.17) is 5.11 Å². The Hall–Kier alpha value is -0.830. The molecule has 0 radical (unpaired) electrons. The smallest absolute Gasteiger partial charge is 0.0867 e. The van der Waals surface area contributed by atoms with Crippen molar-refractivity contribution in [3.05, 3.63) is 11.9 Å². The van der Waals surface area contributed by atoms with E-state index < -0.39 is 0 Å². The van der Waals surface area contributed by atoms with Crippen LogP contribution in [-0.2, 0) is 0 Å². The molecule has 0 aromatic carbocycles. The zero-order valence-electron chi connectivity index (χ0n) is 4.46. The van der Waals surface area contributed by atoms with Crippen LogP contribution < -0.4 is 5.32 Å². The van der Waals surface area contributed by atoms with Crippen molar-refractivity contribution in [2.45, 2.75) is 0 Å². The fourth-order valence-corrected chi connectivity index (χ4v) is 0.516. The van der Waals surface area contributed by atoms with Gasteiger partial charge in [0.05, 0.1) is 12.3 Å². The lowest BCUT2D eigenvalue weighted by atomic mass is 10.4. The van der Waals surface area contributed by atoms with E-state index in [9.17, 15) is 0 Å². The van der Waals surface area contributed by atoms with E-state index in [1.54, 1.807) is 12.4 Å². The van der Waals surface area contributed by atoms with E-state index >= 15 is 0 Å². The molecule has 0 saturated carbocycles. The summed E-state index contributed by atoms with van der Waals surface area (Å²) in [6, 6.07) is 0. The van der Waals surface area contributed by atoms with Crippen molar-refractivity contribution < 1.29 is 5.11 Å². The quantitative estimate of drug-likeness (QED) is 0.480. The van der Waals surface area contributed by atoms with E-state index in [0.29, 0.717) is 5.70 Å². The summed E-state index contributed by atoms with van der Waals surface area (Å²) in [6.45, 7) is 0.785. The van der Waals surface area contributed by atoms with E-state index in [-0.39, 0.29) is 6.61 Å². The highest BCUT2D eigenvalue weighted by molar-refractivity contribution is 5.62. The Balaban J connectivity index is 2.51. The van der Waals surface area contributed by atoms with Gasteiger partial charge in [0.15, 0.2) is 0 Å². The molecule has 0 aliphatic carbocycles. The Bertz CT molecular complexity index is 128. The van der Waals surface area contributed by atoms with Gasteiger partial charge < -0.3 is 10.4 Å². The number of aliphatic imine (C=N–C) groups is 1. The van der Waals surface area contributed by atoms with Crippen LogP contribution in [0.25, 0.3) is 0 Å². The molecule has 0 aromatic heterocycles. The second kappa shape index (κ2) is 2.47. The van der Waals surface area contributed by atoms with Crippen molar-refractivity contribution in [1.82, 2.24) is 5.32 Å². The van der Waals surface area contributed by atoms with Crippen molar-refractivity contribution in [3.8, 4) is 0 Å². The maximum absolute atomic E-state index is 8.47. The summed E-state index contributed by atoms with van der Waals surface area (Å²) < 4.78 is 0. The van der Waals surface area contributed by atoms with Crippen LogP contribution in [0.2, 0.25) is 0 Å². The molecule has 0 bridgehead atoms. The highest BCUT2D eigenvalue weighted by Gasteiger charge is 1.92. The number of nitrogens with one attached hydrogen (secondary N) is 1. The van der Waals surface area contributed by atoms with Crippen LogP contribution in [0.5, 0.6) is 0 Å². The Morgan fingerprint density at radius 3 is 3.12 bits per heavy atom. The molecule has 0 amide bonds. The van der Waals surface area contributed by atoms with Crippen molar-refractivity contribution in [1.29, 1.82) is 0 Å². The maximum atomic E-state index is 8.47. The lowest BCUT2D eigenvalue weighted by Gasteiger charge is -2.02. The number of nitrogens with zero attached hydrogens (tertiary/aromatic N) is 1. The van der Waals surface area contributed by atoms with Gasteiger partial charge in [-0.25, -0.2) is 0 Å². The first-order chi connectivity index (χ1) is 3.93. The van der Waals surface area contributed by atoms with Crippen molar-refractivity contribution in [2.75, 3.05) is 13.2 Å². The second-order valence-electron chi connectivity index (χ2n) is 1.51. The normalized spacial score (nSPS) is 17.4. The average molecular weight is 112 g/mol. The summed E-state index contributed by atoms with van der Waals surface area (Å²) in [4.78, 5) is 3.87. The molecular weight excluding hydrogens is 104 g/mol. The summed E-state index contributed by atoms with van der Waals surface area (Å²) >= 11 is 0. The van der Waals surface area contributed by atoms with Crippen LogP contribution in [0, 0.1) is 0 Å². The first kappa shape index (κ1) is 5.31. The van der Waals surface area contributed by atoms with Gasteiger partial charge in [-0.05, 0) is 0 Å². The minimum Gasteiger partial charge on any atom is -0.390 e. The zero-order chi connectivity index (χ0) is 5.82. The molecule has 1 rings (SSSR count). The molecule has 3 nitrogen and oxygen atoms in total. The summed E-state index contributed by atoms with van der Waals surface area (Å²) in [5.74, 6) is 0. The van der Waals surface area contributed by atoms with E-state index in [1.165, 1.54) is 0 Å². The summed E-state index contributed by atoms with van der Waals surface area (Å²) in [7, 11) is 0. The number of aliphatic hydroxyl groups is 1. The minimum atomic E-state index is 0.0174. The molecule has 0 unspecified atom stereocenters.